The molecule has 104 valence electrons. The monoisotopic (exact) mass is 271 g/mol. The van der Waals surface area contributed by atoms with Crippen LogP contribution in [-0.2, 0) is 0 Å². The molecule has 1 N–H and O–H groups in total. The van der Waals surface area contributed by atoms with Gasteiger partial charge < -0.3 is 15.0 Å². The van der Waals surface area contributed by atoms with E-state index in [1.807, 2.05) is 24.3 Å². The van der Waals surface area contributed by atoms with Crippen molar-refractivity contribution < 1.29 is 9.53 Å². The van der Waals surface area contributed by atoms with Crippen molar-refractivity contribution in [3.63, 3.8) is 0 Å². The van der Waals surface area contributed by atoms with Crippen molar-refractivity contribution in [3.8, 4) is 5.75 Å². The molecule has 20 heavy (non-hydrogen) atoms. The lowest BCUT2D eigenvalue weighted by molar-refractivity contribution is 0.0993. The molecular weight excluding hydrogens is 254 g/mol. The van der Waals surface area contributed by atoms with Gasteiger partial charge in [0.05, 0.1) is 7.11 Å². The number of anilines is 2. The van der Waals surface area contributed by atoms with Gasteiger partial charge in [0.15, 0.2) is 0 Å². The van der Waals surface area contributed by atoms with Crippen molar-refractivity contribution in [3.05, 3.63) is 48.2 Å². The van der Waals surface area contributed by atoms with E-state index in [-0.39, 0.29) is 5.91 Å². The van der Waals surface area contributed by atoms with Gasteiger partial charge in [-0.05, 0) is 24.3 Å². The highest BCUT2D eigenvalue weighted by Crippen LogP contribution is 2.21. The van der Waals surface area contributed by atoms with E-state index in [1.165, 1.54) is 0 Å². The Hall–Kier alpha value is -2.56. The number of rotatable bonds is 4. The molecule has 0 bridgehead atoms. The lowest BCUT2D eigenvalue weighted by Gasteiger charge is -2.18. The number of pyridine rings is 1. The van der Waals surface area contributed by atoms with Gasteiger partial charge in [0.1, 0.15) is 11.6 Å². The SMILES string of the molecule is CNc1cc(C(=O)N(C)c2cccc(OC)c2)ccn1. The minimum absolute atomic E-state index is 0.0999. The second kappa shape index (κ2) is 6.06. The Labute approximate surface area is 118 Å². The van der Waals surface area contributed by atoms with E-state index in [0.29, 0.717) is 17.1 Å². The van der Waals surface area contributed by atoms with Gasteiger partial charge in [-0.15, -0.1) is 0 Å². The summed E-state index contributed by atoms with van der Waals surface area (Å²) in [6, 6.07) is 10.8. The third-order valence-corrected chi connectivity index (χ3v) is 3.01. The van der Waals surface area contributed by atoms with Gasteiger partial charge in [0.2, 0.25) is 0 Å². The summed E-state index contributed by atoms with van der Waals surface area (Å²) in [5, 5.41) is 2.92. The maximum absolute atomic E-state index is 12.4. The van der Waals surface area contributed by atoms with Crippen LogP contribution in [0.5, 0.6) is 5.75 Å². The van der Waals surface area contributed by atoms with E-state index >= 15 is 0 Å². The summed E-state index contributed by atoms with van der Waals surface area (Å²) >= 11 is 0. The number of benzene rings is 1. The molecule has 0 aliphatic carbocycles. The highest BCUT2D eigenvalue weighted by atomic mass is 16.5. The zero-order valence-corrected chi connectivity index (χ0v) is 11.8. The van der Waals surface area contributed by atoms with Crippen LogP contribution >= 0.6 is 0 Å². The third-order valence-electron chi connectivity index (χ3n) is 3.01. The molecule has 1 heterocycles. The highest BCUT2D eigenvalue weighted by molar-refractivity contribution is 6.06. The van der Waals surface area contributed by atoms with Crippen LogP contribution in [-0.4, -0.2) is 32.1 Å². The van der Waals surface area contributed by atoms with Gasteiger partial charge >= 0.3 is 0 Å². The van der Waals surface area contributed by atoms with Crippen LogP contribution < -0.4 is 15.0 Å². The van der Waals surface area contributed by atoms with Crippen LogP contribution in [0.3, 0.4) is 0 Å². The van der Waals surface area contributed by atoms with Crippen molar-refractivity contribution in [1.82, 2.24) is 4.98 Å². The summed E-state index contributed by atoms with van der Waals surface area (Å²) in [5.41, 5.74) is 1.35. The first kappa shape index (κ1) is 13.9. The zero-order chi connectivity index (χ0) is 14.5. The molecule has 0 fully saturated rings. The molecule has 2 aromatic rings. The van der Waals surface area contributed by atoms with Crippen LogP contribution in [0.15, 0.2) is 42.6 Å². The van der Waals surface area contributed by atoms with Crippen molar-refractivity contribution in [2.24, 2.45) is 0 Å². The summed E-state index contributed by atoms with van der Waals surface area (Å²) in [5.74, 6) is 1.28. The van der Waals surface area contributed by atoms with E-state index in [1.54, 1.807) is 44.4 Å². The molecule has 0 spiro atoms. The predicted octanol–water partition coefficient (Wildman–Crippen LogP) is 2.41. The van der Waals surface area contributed by atoms with Crippen LogP contribution in [0.2, 0.25) is 0 Å². The quantitative estimate of drug-likeness (QED) is 0.927. The molecule has 0 aliphatic heterocycles. The van der Waals surface area contributed by atoms with E-state index < -0.39 is 0 Å². The Balaban J connectivity index is 2.27. The number of nitrogens with zero attached hydrogens (tertiary/aromatic N) is 2. The van der Waals surface area contributed by atoms with E-state index in [2.05, 4.69) is 10.3 Å². The maximum atomic E-state index is 12.4. The summed E-state index contributed by atoms with van der Waals surface area (Å²) < 4.78 is 5.17. The average molecular weight is 271 g/mol. The number of methoxy groups -OCH3 is 1. The van der Waals surface area contributed by atoms with Crippen molar-refractivity contribution >= 4 is 17.4 Å². The lowest BCUT2D eigenvalue weighted by Crippen LogP contribution is -2.26. The molecule has 1 aromatic carbocycles. The van der Waals surface area contributed by atoms with Crippen LogP contribution in [0.1, 0.15) is 10.4 Å². The topological polar surface area (TPSA) is 54.5 Å². The number of amides is 1. The summed E-state index contributed by atoms with van der Waals surface area (Å²) in [7, 11) is 5.10. The Kier molecular flexibility index (Phi) is 4.20. The van der Waals surface area contributed by atoms with E-state index in [4.69, 9.17) is 4.74 Å². The number of nitrogens with one attached hydrogen (secondary N) is 1. The molecule has 1 aromatic heterocycles. The minimum atomic E-state index is -0.0999. The second-order valence-electron chi connectivity index (χ2n) is 4.25. The zero-order valence-electron chi connectivity index (χ0n) is 11.8. The molecule has 0 unspecified atom stereocenters. The molecule has 5 heteroatoms. The normalized spacial score (nSPS) is 9.95. The maximum Gasteiger partial charge on any atom is 0.258 e. The largest absolute Gasteiger partial charge is 0.497 e. The van der Waals surface area contributed by atoms with Gasteiger partial charge in [-0.1, -0.05) is 6.07 Å². The number of ether oxygens (including phenoxy) is 1. The Morgan fingerprint density at radius 1 is 1.30 bits per heavy atom. The van der Waals surface area contributed by atoms with Crippen LogP contribution in [0.25, 0.3) is 0 Å². The van der Waals surface area contributed by atoms with Crippen molar-refractivity contribution in [1.29, 1.82) is 0 Å². The van der Waals surface area contributed by atoms with E-state index in [0.717, 1.165) is 5.69 Å². The Morgan fingerprint density at radius 3 is 2.80 bits per heavy atom. The first-order valence-electron chi connectivity index (χ1n) is 6.21. The fourth-order valence-electron chi connectivity index (χ4n) is 1.83. The molecular formula is C15H17N3O2. The number of hydrogen-bond donors (Lipinski definition) is 1. The van der Waals surface area contributed by atoms with Gasteiger partial charge in [-0.3, -0.25) is 4.79 Å². The lowest BCUT2D eigenvalue weighted by atomic mass is 10.2. The number of aromatic nitrogens is 1. The smallest absolute Gasteiger partial charge is 0.258 e. The van der Waals surface area contributed by atoms with Gasteiger partial charge in [0, 0.05) is 37.6 Å². The van der Waals surface area contributed by atoms with Crippen LogP contribution in [0.4, 0.5) is 11.5 Å². The number of hydrogen-bond acceptors (Lipinski definition) is 4. The molecule has 1 amide bonds. The molecule has 0 aliphatic rings. The molecule has 0 atom stereocenters. The Morgan fingerprint density at radius 2 is 2.10 bits per heavy atom. The molecule has 0 saturated heterocycles. The first-order chi connectivity index (χ1) is 9.65. The highest BCUT2D eigenvalue weighted by Gasteiger charge is 2.14. The number of carbonyl (C=O) groups is 1. The van der Waals surface area contributed by atoms with Crippen molar-refractivity contribution in [2.75, 3.05) is 31.4 Å². The Bertz CT molecular complexity index is 614. The standard InChI is InChI=1S/C15H17N3O2/c1-16-14-9-11(7-8-17-14)15(19)18(2)12-5-4-6-13(10-12)20-3/h4-10H,1-3H3,(H,16,17). The van der Waals surface area contributed by atoms with Crippen molar-refractivity contribution in [2.45, 2.75) is 0 Å². The summed E-state index contributed by atoms with van der Waals surface area (Å²) in [4.78, 5) is 18.1. The van der Waals surface area contributed by atoms with Gasteiger partial charge in [-0.2, -0.15) is 0 Å². The van der Waals surface area contributed by atoms with E-state index in [9.17, 15) is 4.79 Å². The molecule has 5 nitrogen and oxygen atoms in total. The fraction of sp³-hybridized carbons (Fsp3) is 0.200. The molecule has 0 radical (unpaired) electrons. The summed E-state index contributed by atoms with van der Waals surface area (Å²) in [6.45, 7) is 0. The summed E-state index contributed by atoms with van der Waals surface area (Å²) in [6.07, 6.45) is 1.61. The molecule has 2 rings (SSSR count). The minimum Gasteiger partial charge on any atom is -0.497 e. The number of carbonyl (C=O) groups excluding carboxylic acids is 1. The van der Waals surface area contributed by atoms with Crippen LogP contribution in [0, 0.1) is 0 Å². The first-order valence-corrected chi connectivity index (χ1v) is 6.21. The molecule has 0 saturated carbocycles. The fourth-order valence-corrected chi connectivity index (χ4v) is 1.83. The second-order valence-corrected chi connectivity index (χ2v) is 4.25. The average Bonchev–Trinajstić information content (AvgIpc) is 2.53. The van der Waals surface area contributed by atoms with Gasteiger partial charge in [-0.25, -0.2) is 4.98 Å². The van der Waals surface area contributed by atoms with Gasteiger partial charge in [0.25, 0.3) is 5.91 Å². The third kappa shape index (κ3) is 2.88. The predicted molar refractivity (Wildman–Crippen MR) is 79.5 cm³/mol.